The molecular formula is C15H25NO3S. The zero-order chi connectivity index (χ0) is 15.3. The first-order chi connectivity index (χ1) is 9.38. The van der Waals surface area contributed by atoms with Crippen molar-refractivity contribution in [3.05, 3.63) is 24.3 Å². The maximum atomic E-state index is 12.8. The molecule has 114 valence electrons. The number of ether oxygens (including phenoxy) is 1. The normalized spacial score (nSPS) is 15.1. The molecule has 1 aromatic rings. The molecule has 2 atom stereocenters. The van der Waals surface area contributed by atoms with Gasteiger partial charge in [-0.2, -0.15) is 4.31 Å². The second-order valence-electron chi connectivity index (χ2n) is 5.03. The Hall–Kier alpha value is -1.07. The minimum absolute atomic E-state index is 0.0166. The van der Waals surface area contributed by atoms with E-state index in [0.29, 0.717) is 10.6 Å². The van der Waals surface area contributed by atoms with E-state index in [1.165, 1.54) is 0 Å². The van der Waals surface area contributed by atoms with Crippen molar-refractivity contribution in [1.29, 1.82) is 0 Å². The molecule has 1 aromatic carbocycles. The topological polar surface area (TPSA) is 46.6 Å². The SMILES string of the molecule is CCC(C)N(C(C)CC)S(=O)(=O)c1ccc(OC)cc1. The van der Waals surface area contributed by atoms with Crippen molar-refractivity contribution in [2.24, 2.45) is 0 Å². The summed E-state index contributed by atoms with van der Waals surface area (Å²) in [6.07, 6.45) is 1.58. The van der Waals surface area contributed by atoms with Crippen molar-refractivity contribution in [2.75, 3.05) is 7.11 Å². The van der Waals surface area contributed by atoms with Crippen molar-refractivity contribution < 1.29 is 13.2 Å². The van der Waals surface area contributed by atoms with Gasteiger partial charge in [-0.05, 0) is 51.0 Å². The minimum atomic E-state index is -3.47. The molecule has 2 unspecified atom stereocenters. The van der Waals surface area contributed by atoms with Gasteiger partial charge in [0.1, 0.15) is 5.75 Å². The number of benzene rings is 1. The van der Waals surface area contributed by atoms with Gasteiger partial charge >= 0.3 is 0 Å². The summed E-state index contributed by atoms with van der Waals surface area (Å²) in [5, 5.41) is 0. The maximum Gasteiger partial charge on any atom is 0.243 e. The first-order valence-corrected chi connectivity index (χ1v) is 8.50. The molecule has 5 heteroatoms. The first kappa shape index (κ1) is 17.0. The second-order valence-corrected chi connectivity index (χ2v) is 6.87. The molecule has 0 aliphatic rings. The van der Waals surface area contributed by atoms with E-state index in [2.05, 4.69) is 0 Å². The maximum absolute atomic E-state index is 12.8. The molecule has 0 saturated carbocycles. The van der Waals surface area contributed by atoms with Crippen LogP contribution in [0.2, 0.25) is 0 Å². The Morgan fingerprint density at radius 2 is 1.50 bits per heavy atom. The number of hydrogen-bond donors (Lipinski definition) is 0. The van der Waals surface area contributed by atoms with E-state index >= 15 is 0 Å². The lowest BCUT2D eigenvalue weighted by molar-refractivity contribution is 0.262. The van der Waals surface area contributed by atoms with Crippen LogP contribution >= 0.6 is 0 Å². The fraction of sp³-hybridized carbons (Fsp3) is 0.600. The van der Waals surface area contributed by atoms with Crippen molar-refractivity contribution in [1.82, 2.24) is 4.31 Å². The summed E-state index contributed by atoms with van der Waals surface area (Å²) in [5.41, 5.74) is 0. The van der Waals surface area contributed by atoms with Gasteiger partial charge in [0, 0.05) is 12.1 Å². The van der Waals surface area contributed by atoms with Gasteiger partial charge in [-0.15, -0.1) is 0 Å². The summed E-state index contributed by atoms with van der Waals surface area (Å²) in [4.78, 5) is 0.318. The fourth-order valence-electron chi connectivity index (χ4n) is 2.14. The van der Waals surface area contributed by atoms with Crippen molar-refractivity contribution >= 4 is 10.0 Å². The molecule has 0 spiro atoms. The quantitative estimate of drug-likeness (QED) is 0.776. The summed E-state index contributed by atoms with van der Waals surface area (Å²) < 4.78 is 32.3. The van der Waals surface area contributed by atoms with Crippen molar-refractivity contribution in [2.45, 2.75) is 57.5 Å². The van der Waals surface area contributed by atoms with Gasteiger partial charge in [-0.25, -0.2) is 8.42 Å². The third-order valence-electron chi connectivity index (χ3n) is 3.69. The van der Waals surface area contributed by atoms with E-state index < -0.39 is 10.0 Å². The van der Waals surface area contributed by atoms with Crippen molar-refractivity contribution in [3.63, 3.8) is 0 Å². The van der Waals surface area contributed by atoms with Gasteiger partial charge in [-0.3, -0.25) is 0 Å². The van der Waals surface area contributed by atoms with Gasteiger partial charge in [0.25, 0.3) is 0 Å². The Morgan fingerprint density at radius 3 is 1.85 bits per heavy atom. The lowest BCUT2D eigenvalue weighted by atomic mass is 10.2. The smallest absolute Gasteiger partial charge is 0.243 e. The Bertz CT molecular complexity index is 500. The zero-order valence-corrected chi connectivity index (χ0v) is 13.8. The molecule has 0 aromatic heterocycles. The van der Waals surface area contributed by atoms with E-state index in [9.17, 15) is 8.42 Å². The van der Waals surface area contributed by atoms with Crippen LogP contribution in [0.1, 0.15) is 40.5 Å². The van der Waals surface area contributed by atoms with Crippen molar-refractivity contribution in [3.8, 4) is 5.75 Å². The summed E-state index contributed by atoms with van der Waals surface area (Å²) in [5.74, 6) is 0.655. The largest absolute Gasteiger partial charge is 0.497 e. The van der Waals surface area contributed by atoms with Gasteiger partial charge in [-0.1, -0.05) is 13.8 Å². The van der Waals surface area contributed by atoms with E-state index in [1.807, 2.05) is 27.7 Å². The lowest BCUT2D eigenvalue weighted by Crippen LogP contribution is -2.44. The molecule has 0 aliphatic carbocycles. The number of hydrogen-bond acceptors (Lipinski definition) is 3. The molecule has 0 amide bonds. The molecule has 0 bridgehead atoms. The molecule has 4 nitrogen and oxygen atoms in total. The highest BCUT2D eigenvalue weighted by atomic mass is 32.2. The Labute approximate surface area is 122 Å². The second kappa shape index (κ2) is 7.09. The van der Waals surface area contributed by atoms with Crippen LogP contribution in [-0.2, 0) is 10.0 Å². The molecule has 20 heavy (non-hydrogen) atoms. The Balaban J connectivity index is 3.21. The first-order valence-electron chi connectivity index (χ1n) is 7.06. The van der Waals surface area contributed by atoms with Crippen LogP contribution in [0.25, 0.3) is 0 Å². The predicted octanol–water partition coefficient (Wildman–Crippen LogP) is 3.28. The van der Waals surface area contributed by atoms with Crippen LogP contribution in [0, 0.1) is 0 Å². The Kier molecular flexibility index (Phi) is 6.02. The van der Waals surface area contributed by atoms with Gasteiger partial charge in [0.2, 0.25) is 10.0 Å². The molecule has 0 aliphatic heterocycles. The number of nitrogens with zero attached hydrogens (tertiary/aromatic N) is 1. The molecular weight excluding hydrogens is 274 g/mol. The van der Waals surface area contributed by atoms with Crippen LogP contribution in [0.3, 0.4) is 0 Å². The highest BCUT2D eigenvalue weighted by molar-refractivity contribution is 7.89. The average molecular weight is 299 g/mol. The molecule has 0 radical (unpaired) electrons. The van der Waals surface area contributed by atoms with E-state index in [-0.39, 0.29) is 12.1 Å². The third-order valence-corrected chi connectivity index (χ3v) is 5.83. The average Bonchev–Trinajstić information content (AvgIpc) is 2.46. The van der Waals surface area contributed by atoms with Crippen LogP contribution in [0.4, 0.5) is 0 Å². The third kappa shape index (κ3) is 3.52. The molecule has 0 fully saturated rings. The predicted molar refractivity (Wildman–Crippen MR) is 81.5 cm³/mol. The van der Waals surface area contributed by atoms with Gasteiger partial charge in [0.15, 0.2) is 0 Å². The summed E-state index contributed by atoms with van der Waals surface area (Å²) in [6.45, 7) is 7.91. The number of rotatable bonds is 7. The highest BCUT2D eigenvalue weighted by Crippen LogP contribution is 2.25. The molecule has 0 N–H and O–H groups in total. The highest BCUT2D eigenvalue weighted by Gasteiger charge is 2.31. The van der Waals surface area contributed by atoms with Crippen LogP contribution < -0.4 is 4.74 Å². The van der Waals surface area contributed by atoms with E-state index in [4.69, 9.17) is 4.74 Å². The summed E-state index contributed by atoms with van der Waals surface area (Å²) >= 11 is 0. The minimum Gasteiger partial charge on any atom is -0.497 e. The summed E-state index contributed by atoms with van der Waals surface area (Å²) in [6, 6.07) is 6.53. The number of sulfonamides is 1. The monoisotopic (exact) mass is 299 g/mol. The molecule has 0 heterocycles. The van der Waals surface area contributed by atoms with Crippen LogP contribution in [-0.4, -0.2) is 31.9 Å². The van der Waals surface area contributed by atoms with E-state index in [1.54, 1.807) is 35.7 Å². The molecule has 1 rings (SSSR count). The summed E-state index contributed by atoms with van der Waals surface area (Å²) in [7, 11) is -1.91. The van der Waals surface area contributed by atoms with E-state index in [0.717, 1.165) is 12.8 Å². The number of methoxy groups -OCH3 is 1. The lowest BCUT2D eigenvalue weighted by Gasteiger charge is -2.32. The van der Waals surface area contributed by atoms with Gasteiger partial charge < -0.3 is 4.74 Å². The van der Waals surface area contributed by atoms with Gasteiger partial charge in [0.05, 0.1) is 12.0 Å². The van der Waals surface area contributed by atoms with Crippen LogP contribution in [0.15, 0.2) is 29.2 Å². The standard InChI is InChI=1S/C15H25NO3S/c1-6-12(3)16(13(4)7-2)20(17,18)15-10-8-14(19-5)9-11-15/h8-13H,6-7H2,1-5H3. The fourth-order valence-corrected chi connectivity index (χ4v) is 4.11. The zero-order valence-electron chi connectivity index (χ0n) is 13.0. The van der Waals surface area contributed by atoms with Crippen LogP contribution in [0.5, 0.6) is 5.75 Å². The molecule has 0 saturated heterocycles. The Morgan fingerprint density at radius 1 is 1.05 bits per heavy atom.